The maximum Gasteiger partial charge on any atom is 0.122 e. The highest BCUT2D eigenvalue weighted by Gasteiger charge is 2.14. The third-order valence-electron chi connectivity index (χ3n) is 3.80. The summed E-state index contributed by atoms with van der Waals surface area (Å²) in [6, 6.07) is 12.1. The van der Waals surface area contributed by atoms with Gasteiger partial charge in [-0.15, -0.1) is 0 Å². The molecule has 0 unspecified atom stereocenters. The SMILES string of the molecule is COc1ccccc1Cc1cc(OC)c(C[C@@H](C)N)cc1OC. The maximum atomic E-state index is 5.93. The minimum atomic E-state index is 0.0636. The minimum absolute atomic E-state index is 0.0636. The fourth-order valence-electron chi connectivity index (χ4n) is 2.72. The highest BCUT2D eigenvalue weighted by Crippen LogP contribution is 2.32. The first-order valence-corrected chi connectivity index (χ1v) is 7.70. The molecule has 2 aromatic rings. The Morgan fingerprint density at radius 3 is 2.00 bits per heavy atom. The quantitative estimate of drug-likeness (QED) is 0.852. The fraction of sp³-hybridized carbons (Fsp3) is 0.368. The van der Waals surface area contributed by atoms with E-state index in [0.29, 0.717) is 6.42 Å². The van der Waals surface area contributed by atoms with Gasteiger partial charge in [0.15, 0.2) is 0 Å². The molecule has 124 valence electrons. The van der Waals surface area contributed by atoms with Gasteiger partial charge in [-0.05, 0) is 42.7 Å². The van der Waals surface area contributed by atoms with Crippen molar-refractivity contribution in [3.05, 3.63) is 53.1 Å². The van der Waals surface area contributed by atoms with Crippen molar-refractivity contribution in [2.24, 2.45) is 5.73 Å². The molecule has 0 aliphatic carbocycles. The number of benzene rings is 2. The van der Waals surface area contributed by atoms with Crippen molar-refractivity contribution < 1.29 is 14.2 Å². The number of methoxy groups -OCH3 is 3. The van der Waals surface area contributed by atoms with Gasteiger partial charge in [0, 0.05) is 18.0 Å². The summed E-state index contributed by atoms with van der Waals surface area (Å²) in [6.45, 7) is 1.98. The molecule has 4 heteroatoms. The van der Waals surface area contributed by atoms with Gasteiger partial charge < -0.3 is 19.9 Å². The molecule has 0 saturated heterocycles. The van der Waals surface area contributed by atoms with Crippen LogP contribution in [0.4, 0.5) is 0 Å². The molecule has 0 heterocycles. The Balaban J connectivity index is 2.41. The van der Waals surface area contributed by atoms with E-state index in [1.807, 2.05) is 37.3 Å². The van der Waals surface area contributed by atoms with E-state index in [9.17, 15) is 0 Å². The van der Waals surface area contributed by atoms with Crippen LogP contribution in [0.15, 0.2) is 36.4 Å². The molecule has 0 aliphatic heterocycles. The second-order valence-electron chi connectivity index (χ2n) is 5.65. The monoisotopic (exact) mass is 315 g/mol. The van der Waals surface area contributed by atoms with Crippen LogP contribution in [0.25, 0.3) is 0 Å². The van der Waals surface area contributed by atoms with Gasteiger partial charge in [-0.3, -0.25) is 0 Å². The molecule has 1 atom stereocenters. The van der Waals surface area contributed by atoms with E-state index >= 15 is 0 Å². The highest BCUT2D eigenvalue weighted by molar-refractivity contribution is 5.50. The number of rotatable bonds is 7. The number of ether oxygens (including phenoxy) is 3. The topological polar surface area (TPSA) is 53.7 Å². The largest absolute Gasteiger partial charge is 0.496 e. The average molecular weight is 315 g/mol. The van der Waals surface area contributed by atoms with Crippen LogP contribution in [0.1, 0.15) is 23.6 Å². The van der Waals surface area contributed by atoms with Crippen LogP contribution in [0.5, 0.6) is 17.2 Å². The summed E-state index contributed by atoms with van der Waals surface area (Å²) < 4.78 is 16.5. The number of hydrogen-bond donors (Lipinski definition) is 1. The lowest BCUT2D eigenvalue weighted by Gasteiger charge is -2.17. The Bertz CT molecular complexity index is 653. The summed E-state index contributed by atoms with van der Waals surface area (Å²) in [5.74, 6) is 2.55. The van der Waals surface area contributed by atoms with E-state index in [1.165, 1.54) is 0 Å². The lowest BCUT2D eigenvalue weighted by molar-refractivity contribution is 0.393. The van der Waals surface area contributed by atoms with Crippen molar-refractivity contribution >= 4 is 0 Å². The first-order valence-electron chi connectivity index (χ1n) is 7.70. The molecule has 23 heavy (non-hydrogen) atoms. The van der Waals surface area contributed by atoms with Gasteiger partial charge in [0.2, 0.25) is 0 Å². The van der Waals surface area contributed by atoms with E-state index in [1.54, 1.807) is 21.3 Å². The molecule has 2 rings (SSSR count). The Hall–Kier alpha value is -2.20. The van der Waals surface area contributed by atoms with Crippen molar-refractivity contribution in [2.45, 2.75) is 25.8 Å². The number of para-hydroxylation sites is 1. The molecule has 2 aromatic carbocycles. The van der Waals surface area contributed by atoms with Crippen molar-refractivity contribution in [1.82, 2.24) is 0 Å². The lowest BCUT2D eigenvalue weighted by Crippen LogP contribution is -2.18. The molecular weight excluding hydrogens is 290 g/mol. The predicted molar refractivity (Wildman–Crippen MR) is 92.7 cm³/mol. The molecule has 4 nitrogen and oxygen atoms in total. The van der Waals surface area contributed by atoms with Crippen molar-refractivity contribution in [3.8, 4) is 17.2 Å². The molecular formula is C19H25NO3. The summed E-state index contributed by atoms with van der Waals surface area (Å²) in [6.07, 6.45) is 1.45. The Labute approximate surface area is 138 Å². The van der Waals surface area contributed by atoms with Crippen molar-refractivity contribution in [2.75, 3.05) is 21.3 Å². The molecule has 0 saturated carbocycles. The minimum Gasteiger partial charge on any atom is -0.496 e. The first-order chi connectivity index (χ1) is 11.1. The van der Waals surface area contributed by atoms with E-state index in [2.05, 4.69) is 6.07 Å². The number of nitrogens with two attached hydrogens (primary N) is 1. The molecule has 0 spiro atoms. The summed E-state index contributed by atoms with van der Waals surface area (Å²) in [5, 5.41) is 0. The maximum absolute atomic E-state index is 5.93. The third-order valence-corrected chi connectivity index (χ3v) is 3.80. The zero-order valence-electron chi connectivity index (χ0n) is 14.3. The molecule has 0 radical (unpaired) electrons. The lowest BCUT2D eigenvalue weighted by atomic mass is 9.98. The van der Waals surface area contributed by atoms with Gasteiger partial charge in [0.25, 0.3) is 0 Å². The van der Waals surface area contributed by atoms with E-state index in [0.717, 1.165) is 40.4 Å². The van der Waals surface area contributed by atoms with Gasteiger partial charge in [-0.1, -0.05) is 18.2 Å². The third kappa shape index (κ3) is 4.17. The fourth-order valence-corrected chi connectivity index (χ4v) is 2.72. The Morgan fingerprint density at radius 2 is 1.39 bits per heavy atom. The van der Waals surface area contributed by atoms with Gasteiger partial charge in [0.05, 0.1) is 21.3 Å². The second-order valence-corrected chi connectivity index (χ2v) is 5.65. The molecule has 0 aliphatic rings. The van der Waals surface area contributed by atoms with Crippen LogP contribution < -0.4 is 19.9 Å². The Kier molecular flexibility index (Phi) is 5.88. The van der Waals surface area contributed by atoms with Gasteiger partial charge >= 0.3 is 0 Å². The van der Waals surface area contributed by atoms with Crippen molar-refractivity contribution in [3.63, 3.8) is 0 Å². The molecule has 0 fully saturated rings. The van der Waals surface area contributed by atoms with Crippen LogP contribution in [0, 0.1) is 0 Å². The highest BCUT2D eigenvalue weighted by atomic mass is 16.5. The summed E-state index contributed by atoms with van der Waals surface area (Å²) in [4.78, 5) is 0. The van der Waals surface area contributed by atoms with Gasteiger partial charge in [-0.25, -0.2) is 0 Å². The molecule has 0 amide bonds. The standard InChI is InChI=1S/C19H25NO3/c1-13(20)9-15-11-19(23-4)16(12-18(15)22-3)10-14-7-5-6-8-17(14)21-2/h5-8,11-13H,9-10,20H2,1-4H3/t13-/m1/s1. The van der Waals surface area contributed by atoms with Gasteiger partial charge in [0.1, 0.15) is 17.2 Å². The van der Waals surface area contributed by atoms with Crippen LogP contribution >= 0.6 is 0 Å². The van der Waals surface area contributed by atoms with Crippen LogP contribution in [0.2, 0.25) is 0 Å². The van der Waals surface area contributed by atoms with Crippen LogP contribution in [0.3, 0.4) is 0 Å². The van der Waals surface area contributed by atoms with Crippen molar-refractivity contribution in [1.29, 1.82) is 0 Å². The zero-order chi connectivity index (χ0) is 16.8. The summed E-state index contributed by atoms with van der Waals surface area (Å²) >= 11 is 0. The Morgan fingerprint density at radius 1 is 0.826 bits per heavy atom. The number of hydrogen-bond acceptors (Lipinski definition) is 4. The van der Waals surface area contributed by atoms with Crippen LogP contribution in [-0.2, 0) is 12.8 Å². The van der Waals surface area contributed by atoms with E-state index in [-0.39, 0.29) is 6.04 Å². The van der Waals surface area contributed by atoms with Gasteiger partial charge in [-0.2, -0.15) is 0 Å². The average Bonchev–Trinajstić information content (AvgIpc) is 2.55. The molecule has 0 aromatic heterocycles. The van der Waals surface area contributed by atoms with E-state index in [4.69, 9.17) is 19.9 Å². The van der Waals surface area contributed by atoms with Crippen LogP contribution in [-0.4, -0.2) is 27.4 Å². The summed E-state index contributed by atoms with van der Waals surface area (Å²) in [5.41, 5.74) is 9.15. The molecule has 0 bridgehead atoms. The van der Waals surface area contributed by atoms with E-state index < -0.39 is 0 Å². The molecule has 2 N–H and O–H groups in total. The first kappa shape index (κ1) is 17.2. The second kappa shape index (κ2) is 7.88. The predicted octanol–water partition coefficient (Wildman–Crippen LogP) is 3.19. The zero-order valence-corrected chi connectivity index (χ0v) is 14.3. The summed E-state index contributed by atoms with van der Waals surface area (Å²) in [7, 11) is 5.05. The smallest absolute Gasteiger partial charge is 0.122 e. The normalized spacial score (nSPS) is 11.9.